The Morgan fingerprint density at radius 3 is 2.89 bits per heavy atom. The van der Waals surface area contributed by atoms with E-state index >= 15 is 0 Å². The van der Waals surface area contributed by atoms with Crippen LogP contribution in [0.2, 0.25) is 0 Å². The van der Waals surface area contributed by atoms with Crippen molar-refractivity contribution in [1.29, 1.82) is 0 Å². The monoisotopic (exact) mass is 352 g/mol. The normalized spacial score (nSPS) is 11.9. The van der Waals surface area contributed by atoms with Gasteiger partial charge in [-0.1, -0.05) is 5.16 Å². The lowest BCUT2D eigenvalue weighted by atomic mass is 10.5. The molecule has 0 aliphatic heterocycles. The van der Waals surface area contributed by atoms with Gasteiger partial charge in [0.15, 0.2) is 5.76 Å². The molecule has 0 saturated carbocycles. The van der Waals surface area contributed by atoms with Crippen molar-refractivity contribution in [3.63, 3.8) is 0 Å². The fourth-order valence-corrected chi connectivity index (χ4v) is 4.77. The molecule has 2 aromatic rings. The zero-order chi connectivity index (χ0) is 13.2. The van der Waals surface area contributed by atoms with Gasteiger partial charge in [0, 0.05) is 10.9 Å². The van der Waals surface area contributed by atoms with Crippen molar-refractivity contribution >= 4 is 37.3 Å². The van der Waals surface area contributed by atoms with Gasteiger partial charge in [0.2, 0.25) is 10.0 Å². The van der Waals surface area contributed by atoms with Gasteiger partial charge in [0.05, 0.1) is 23.1 Å². The number of aliphatic hydroxyl groups is 1. The van der Waals surface area contributed by atoms with Crippen molar-refractivity contribution < 1.29 is 18.0 Å². The van der Waals surface area contributed by atoms with Gasteiger partial charge in [0.1, 0.15) is 4.90 Å². The highest BCUT2D eigenvalue weighted by Crippen LogP contribution is 2.31. The minimum atomic E-state index is -3.64. The van der Waals surface area contributed by atoms with Gasteiger partial charge in [-0.25, -0.2) is 13.1 Å². The summed E-state index contributed by atoms with van der Waals surface area (Å²) in [5.41, 5.74) is 0. The van der Waals surface area contributed by atoms with Gasteiger partial charge >= 0.3 is 0 Å². The van der Waals surface area contributed by atoms with Crippen LogP contribution < -0.4 is 4.72 Å². The van der Waals surface area contributed by atoms with Crippen molar-refractivity contribution in [3.8, 4) is 0 Å². The van der Waals surface area contributed by atoms with Crippen LogP contribution in [0, 0.1) is 0 Å². The first-order valence-electron chi connectivity index (χ1n) is 4.81. The summed E-state index contributed by atoms with van der Waals surface area (Å²) in [6.45, 7) is -0.167. The fraction of sp³-hybridized carbons (Fsp3) is 0.222. The first-order chi connectivity index (χ1) is 8.53. The summed E-state index contributed by atoms with van der Waals surface area (Å²) < 4.78 is 31.6. The molecule has 0 unspecified atom stereocenters. The zero-order valence-corrected chi connectivity index (χ0v) is 12.2. The van der Waals surface area contributed by atoms with E-state index in [-0.39, 0.29) is 18.0 Å². The molecule has 2 aromatic heterocycles. The standard InChI is InChI=1S/C9H9BrN2O4S2/c10-9-8(3-7(5-13)17-9)18(14,15)12-4-6-1-2-11-16-6/h1-3,12-13H,4-5H2. The molecular weight excluding hydrogens is 344 g/mol. The average Bonchev–Trinajstić information content (AvgIpc) is 2.95. The van der Waals surface area contributed by atoms with Crippen molar-refractivity contribution in [1.82, 2.24) is 9.88 Å². The number of halogens is 1. The van der Waals surface area contributed by atoms with E-state index in [1.807, 2.05) is 0 Å². The van der Waals surface area contributed by atoms with E-state index in [0.29, 0.717) is 14.4 Å². The Kier molecular flexibility index (Phi) is 4.17. The van der Waals surface area contributed by atoms with Crippen LogP contribution in [0.3, 0.4) is 0 Å². The number of sulfonamides is 1. The van der Waals surface area contributed by atoms with Crippen molar-refractivity contribution in [2.24, 2.45) is 0 Å². The molecule has 9 heteroatoms. The SMILES string of the molecule is O=S(=O)(NCc1ccno1)c1cc(CO)sc1Br. The molecule has 0 bridgehead atoms. The molecule has 0 spiro atoms. The van der Waals surface area contributed by atoms with E-state index in [2.05, 4.69) is 25.8 Å². The van der Waals surface area contributed by atoms with E-state index in [9.17, 15) is 8.42 Å². The minimum Gasteiger partial charge on any atom is -0.391 e. The molecule has 98 valence electrons. The second-order valence-corrected chi connectivity index (χ2v) is 7.50. The summed E-state index contributed by atoms with van der Waals surface area (Å²) in [5.74, 6) is 0.423. The van der Waals surface area contributed by atoms with Gasteiger partial charge in [-0.2, -0.15) is 0 Å². The average molecular weight is 353 g/mol. The van der Waals surface area contributed by atoms with Crippen molar-refractivity contribution in [3.05, 3.63) is 32.8 Å². The van der Waals surface area contributed by atoms with Gasteiger partial charge in [-0.05, 0) is 22.0 Å². The highest BCUT2D eigenvalue weighted by atomic mass is 79.9. The molecular formula is C9H9BrN2O4S2. The fourth-order valence-electron chi connectivity index (χ4n) is 1.24. The second kappa shape index (κ2) is 5.49. The maximum absolute atomic E-state index is 12.0. The van der Waals surface area contributed by atoms with Gasteiger partial charge in [0.25, 0.3) is 0 Å². The molecule has 2 N–H and O–H groups in total. The minimum absolute atomic E-state index is 0.0269. The number of rotatable bonds is 5. The third kappa shape index (κ3) is 2.98. The number of hydrogen-bond acceptors (Lipinski definition) is 6. The topological polar surface area (TPSA) is 92.4 Å². The van der Waals surface area contributed by atoms with Crippen LogP contribution in [-0.2, 0) is 23.2 Å². The molecule has 0 radical (unpaired) electrons. The lowest BCUT2D eigenvalue weighted by Crippen LogP contribution is -2.22. The maximum atomic E-state index is 12.0. The summed E-state index contributed by atoms with van der Waals surface area (Å²) in [6, 6.07) is 3.00. The number of nitrogens with zero attached hydrogens (tertiary/aromatic N) is 1. The highest BCUT2D eigenvalue weighted by molar-refractivity contribution is 9.11. The first-order valence-corrected chi connectivity index (χ1v) is 7.90. The third-order valence-corrected chi connectivity index (χ3v) is 5.72. The van der Waals surface area contributed by atoms with Crippen LogP contribution >= 0.6 is 27.3 Å². The Labute approximate surface area is 116 Å². The van der Waals surface area contributed by atoms with Gasteiger partial charge in [-0.3, -0.25) is 0 Å². The number of nitrogens with one attached hydrogen (secondary N) is 1. The lowest BCUT2D eigenvalue weighted by Gasteiger charge is -2.03. The summed E-state index contributed by atoms with van der Waals surface area (Å²) in [7, 11) is -3.64. The Balaban J connectivity index is 2.17. The van der Waals surface area contributed by atoms with E-state index < -0.39 is 10.0 Å². The van der Waals surface area contributed by atoms with E-state index in [0.717, 1.165) is 0 Å². The number of aliphatic hydroxyl groups excluding tert-OH is 1. The Bertz CT molecular complexity index is 621. The molecule has 0 fully saturated rings. The van der Waals surface area contributed by atoms with Crippen LogP contribution in [0.1, 0.15) is 10.6 Å². The zero-order valence-electron chi connectivity index (χ0n) is 8.96. The molecule has 18 heavy (non-hydrogen) atoms. The van der Waals surface area contributed by atoms with Crippen molar-refractivity contribution in [2.75, 3.05) is 0 Å². The molecule has 0 aliphatic rings. The van der Waals surface area contributed by atoms with Crippen LogP contribution in [0.5, 0.6) is 0 Å². The van der Waals surface area contributed by atoms with Crippen LogP contribution in [-0.4, -0.2) is 18.7 Å². The molecule has 6 nitrogen and oxygen atoms in total. The summed E-state index contributed by atoms with van der Waals surface area (Å²) >= 11 is 4.34. The summed E-state index contributed by atoms with van der Waals surface area (Å²) in [6.07, 6.45) is 1.44. The summed E-state index contributed by atoms with van der Waals surface area (Å²) in [5, 5.41) is 12.5. The molecule has 0 aliphatic carbocycles. The van der Waals surface area contributed by atoms with E-state index in [1.165, 1.54) is 23.6 Å². The smallest absolute Gasteiger partial charge is 0.242 e. The third-order valence-electron chi connectivity index (χ3n) is 2.08. The van der Waals surface area contributed by atoms with Crippen molar-refractivity contribution in [2.45, 2.75) is 18.0 Å². The number of thiophene rings is 1. The molecule has 2 heterocycles. The molecule has 0 saturated heterocycles. The molecule has 0 atom stereocenters. The van der Waals surface area contributed by atoms with Crippen LogP contribution in [0.4, 0.5) is 0 Å². The summed E-state index contributed by atoms with van der Waals surface area (Å²) in [4.78, 5) is 0.679. The maximum Gasteiger partial charge on any atom is 0.242 e. The highest BCUT2D eigenvalue weighted by Gasteiger charge is 2.20. The lowest BCUT2D eigenvalue weighted by molar-refractivity contribution is 0.285. The predicted molar refractivity (Wildman–Crippen MR) is 68.5 cm³/mol. The van der Waals surface area contributed by atoms with Gasteiger partial charge < -0.3 is 9.63 Å². The largest absolute Gasteiger partial charge is 0.391 e. The second-order valence-electron chi connectivity index (χ2n) is 3.31. The predicted octanol–water partition coefficient (Wildman–Crippen LogP) is 1.47. The quantitative estimate of drug-likeness (QED) is 0.849. The van der Waals surface area contributed by atoms with E-state index in [1.54, 1.807) is 6.07 Å². The number of aromatic nitrogens is 1. The molecule has 0 aromatic carbocycles. The van der Waals surface area contributed by atoms with Crippen LogP contribution in [0.15, 0.2) is 31.5 Å². The van der Waals surface area contributed by atoms with E-state index in [4.69, 9.17) is 9.63 Å². The molecule has 0 amide bonds. The Morgan fingerprint density at radius 1 is 1.56 bits per heavy atom. The van der Waals surface area contributed by atoms with Gasteiger partial charge in [-0.15, -0.1) is 11.3 Å². The Hall–Kier alpha value is -0.740. The first kappa shape index (κ1) is 13.7. The van der Waals surface area contributed by atoms with Crippen LogP contribution in [0.25, 0.3) is 0 Å². The Morgan fingerprint density at radius 2 is 2.33 bits per heavy atom. The molecule has 2 rings (SSSR count). The number of hydrogen-bond donors (Lipinski definition) is 2.